The summed E-state index contributed by atoms with van der Waals surface area (Å²) in [5.41, 5.74) is 0.508. The van der Waals surface area contributed by atoms with Crippen molar-refractivity contribution in [1.82, 2.24) is 10.2 Å². The Morgan fingerprint density at radius 1 is 1.10 bits per heavy atom. The third-order valence-electron chi connectivity index (χ3n) is 4.98. The molecule has 8 heteroatoms. The molecule has 0 saturated carbocycles. The van der Waals surface area contributed by atoms with Crippen molar-refractivity contribution in [2.24, 2.45) is 0 Å². The molecule has 1 unspecified atom stereocenters. The summed E-state index contributed by atoms with van der Waals surface area (Å²) < 4.78 is 0. The van der Waals surface area contributed by atoms with E-state index in [4.69, 9.17) is 5.26 Å². The average molecular weight is 404 g/mol. The van der Waals surface area contributed by atoms with Crippen LogP contribution in [0.5, 0.6) is 0 Å². The molecule has 0 aromatic heterocycles. The van der Waals surface area contributed by atoms with Crippen molar-refractivity contribution in [2.45, 2.75) is 25.8 Å². The van der Waals surface area contributed by atoms with Gasteiger partial charge in [0.25, 0.3) is 5.91 Å². The second-order valence-electron chi connectivity index (χ2n) is 7.04. The topological polar surface area (TPSA) is 119 Å². The number of hydrogen-bond acceptors (Lipinski definition) is 5. The van der Waals surface area contributed by atoms with Crippen LogP contribution in [-0.2, 0) is 15.1 Å². The van der Waals surface area contributed by atoms with Gasteiger partial charge in [-0.1, -0.05) is 19.1 Å². The smallest absolute Gasteiger partial charge is 0.325 e. The molecule has 0 radical (unpaired) electrons. The van der Waals surface area contributed by atoms with Crippen molar-refractivity contribution in [2.75, 3.05) is 11.9 Å². The van der Waals surface area contributed by atoms with Gasteiger partial charge in [0.05, 0.1) is 18.2 Å². The van der Waals surface area contributed by atoms with E-state index in [-0.39, 0.29) is 5.91 Å². The van der Waals surface area contributed by atoms with Crippen LogP contribution in [-0.4, -0.2) is 35.1 Å². The van der Waals surface area contributed by atoms with Gasteiger partial charge in [-0.3, -0.25) is 19.3 Å². The zero-order valence-corrected chi connectivity index (χ0v) is 16.6. The quantitative estimate of drug-likeness (QED) is 0.566. The molecular weight excluding hydrogens is 384 g/mol. The molecule has 8 nitrogen and oxygen atoms in total. The summed E-state index contributed by atoms with van der Waals surface area (Å²) in [6, 6.07) is 13.9. The number of ketones is 1. The standard InChI is InChI=1S/C22H20N4O4/c1-3-19(28)24-17-10-6-15(7-11-17)18(27)13-26-20(29)22(2,25-21(26)30)16-8-4-14(12-23)5-9-16/h4-11H,3,13H2,1-2H3,(H,24,28)(H,25,30). The lowest BCUT2D eigenvalue weighted by atomic mass is 9.91. The zero-order valence-electron chi connectivity index (χ0n) is 16.6. The number of Topliss-reactive ketones (excluding diaryl/α,β-unsaturated/α-hetero) is 1. The van der Waals surface area contributed by atoms with Crippen LogP contribution in [0, 0.1) is 11.3 Å². The number of urea groups is 1. The summed E-state index contributed by atoms with van der Waals surface area (Å²) in [5.74, 6) is -1.09. The van der Waals surface area contributed by atoms with Crippen molar-refractivity contribution >= 4 is 29.3 Å². The molecule has 1 aliphatic heterocycles. The summed E-state index contributed by atoms with van der Waals surface area (Å²) in [7, 11) is 0. The van der Waals surface area contributed by atoms with Crippen molar-refractivity contribution in [3.63, 3.8) is 0 Å². The number of anilines is 1. The molecule has 0 aliphatic carbocycles. The molecule has 3 rings (SSSR count). The fourth-order valence-corrected chi connectivity index (χ4v) is 3.14. The number of nitrogens with one attached hydrogen (secondary N) is 2. The first-order valence-electron chi connectivity index (χ1n) is 9.36. The number of imide groups is 1. The minimum atomic E-state index is -1.32. The third-order valence-corrected chi connectivity index (χ3v) is 4.98. The second kappa shape index (κ2) is 8.17. The molecule has 1 fully saturated rings. The first-order valence-corrected chi connectivity index (χ1v) is 9.36. The minimum absolute atomic E-state index is 0.143. The molecule has 1 atom stereocenters. The predicted molar refractivity (Wildman–Crippen MR) is 108 cm³/mol. The van der Waals surface area contributed by atoms with E-state index < -0.39 is 29.8 Å². The van der Waals surface area contributed by atoms with Crippen LogP contribution in [0.2, 0.25) is 0 Å². The van der Waals surface area contributed by atoms with Gasteiger partial charge in [0, 0.05) is 17.7 Å². The summed E-state index contributed by atoms with van der Waals surface area (Å²) in [6.45, 7) is 2.89. The lowest BCUT2D eigenvalue weighted by Crippen LogP contribution is -2.41. The van der Waals surface area contributed by atoms with E-state index in [1.54, 1.807) is 50.2 Å². The van der Waals surface area contributed by atoms with Gasteiger partial charge in [0.2, 0.25) is 5.91 Å². The first-order chi connectivity index (χ1) is 14.3. The number of nitrogens with zero attached hydrogens (tertiary/aromatic N) is 2. The Morgan fingerprint density at radius 2 is 1.73 bits per heavy atom. The lowest BCUT2D eigenvalue weighted by molar-refractivity contribution is -0.130. The number of nitriles is 1. The van der Waals surface area contributed by atoms with Gasteiger partial charge in [-0.05, 0) is 48.9 Å². The zero-order chi connectivity index (χ0) is 21.9. The lowest BCUT2D eigenvalue weighted by Gasteiger charge is -2.22. The molecule has 2 N–H and O–H groups in total. The van der Waals surface area contributed by atoms with Crippen molar-refractivity contribution in [1.29, 1.82) is 5.26 Å². The Kier molecular flexibility index (Phi) is 5.65. The highest BCUT2D eigenvalue weighted by molar-refractivity contribution is 6.11. The number of amides is 4. The summed E-state index contributed by atoms with van der Waals surface area (Å²) in [5, 5.41) is 14.2. The summed E-state index contributed by atoms with van der Waals surface area (Å²) in [6.07, 6.45) is 0.338. The van der Waals surface area contributed by atoms with E-state index in [1.165, 1.54) is 12.1 Å². The molecule has 152 valence electrons. The largest absolute Gasteiger partial charge is 0.326 e. The molecular formula is C22H20N4O4. The van der Waals surface area contributed by atoms with Gasteiger partial charge in [-0.2, -0.15) is 5.26 Å². The molecule has 2 aromatic rings. The van der Waals surface area contributed by atoms with Crippen molar-refractivity contribution < 1.29 is 19.2 Å². The number of rotatable bonds is 6. The van der Waals surface area contributed by atoms with Crippen LogP contribution in [0.4, 0.5) is 10.5 Å². The Hall–Kier alpha value is -3.99. The Balaban J connectivity index is 1.74. The Bertz CT molecular complexity index is 1050. The van der Waals surface area contributed by atoms with Gasteiger partial charge in [-0.15, -0.1) is 0 Å². The highest BCUT2D eigenvalue weighted by Gasteiger charge is 2.49. The SMILES string of the molecule is CCC(=O)Nc1ccc(C(=O)CN2C(=O)NC(C)(c3ccc(C#N)cc3)C2=O)cc1. The van der Waals surface area contributed by atoms with Gasteiger partial charge in [0.1, 0.15) is 5.54 Å². The first kappa shape index (κ1) is 20.7. The van der Waals surface area contributed by atoms with Crippen LogP contribution in [0.25, 0.3) is 0 Å². The van der Waals surface area contributed by atoms with Crippen LogP contribution in [0.3, 0.4) is 0 Å². The van der Waals surface area contributed by atoms with Crippen LogP contribution in [0.15, 0.2) is 48.5 Å². The minimum Gasteiger partial charge on any atom is -0.326 e. The Labute approximate surface area is 173 Å². The molecule has 1 aliphatic rings. The van der Waals surface area contributed by atoms with E-state index in [1.807, 2.05) is 6.07 Å². The van der Waals surface area contributed by atoms with Crippen LogP contribution < -0.4 is 10.6 Å². The maximum absolute atomic E-state index is 12.9. The van der Waals surface area contributed by atoms with E-state index in [0.717, 1.165) is 4.90 Å². The number of hydrogen-bond donors (Lipinski definition) is 2. The van der Waals surface area contributed by atoms with Crippen molar-refractivity contribution in [3.8, 4) is 6.07 Å². The van der Waals surface area contributed by atoms with Crippen LogP contribution in [0.1, 0.15) is 41.8 Å². The second-order valence-corrected chi connectivity index (χ2v) is 7.04. The maximum Gasteiger partial charge on any atom is 0.325 e. The molecule has 1 heterocycles. The van der Waals surface area contributed by atoms with E-state index in [2.05, 4.69) is 10.6 Å². The summed E-state index contributed by atoms with van der Waals surface area (Å²) in [4.78, 5) is 50.3. The van der Waals surface area contributed by atoms with Crippen molar-refractivity contribution in [3.05, 3.63) is 65.2 Å². The normalized spacial score (nSPS) is 18.0. The molecule has 2 aromatic carbocycles. The Morgan fingerprint density at radius 3 is 2.30 bits per heavy atom. The van der Waals surface area contributed by atoms with E-state index in [9.17, 15) is 19.2 Å². The molecule has 0 bridgehead atoms. The monoisotopic (exact) mass is 404 g/mol. The van der Waals surface area contributed by atoms with Gasteiger partial charge < -0.3 is 10.6 Å². The molecule has 30 heavy (non-hydrogen) atoms. The summed E-state index contributed by atoms with van der Waals surface area (Å²) >= 11 is 0. The van der Waals surface area contributed by atoms with Crippen LogP contribution >= 0.6 is 0 Å². The third kappa shape index (κ3) is 3.91. The number of benzene rings is 2. The highest BCUT2D eigenvalue weighted by atomic mass is 16.2. The molecule has 4 amide bonds. The van der Waals surface area contributed by atoms with Gasteiger partial charge in [-0.25, -0.2) is 4.79 Å². The predicted octanol–water partition coefficient (Wildman–Crippen LogP) is 2.56. The van der Waals surface area contributed by atoms with E-state index >= 15 is 0 Å². The molecule has 1 saturated heterocycles. The molecule has 0 spiro atoms. The highest BCUT2D eigenvalue weighted by Crippen LogP contribution is 2.29. The van der Waals surface area contributed by atoms with Gasteiger partial charge in [0.15, 0.2) is 5.78 Å². The van der Waals surface area contributed by atoms with Gasteiger partial charge >= 0.3 is 6.03 Å². The fraction of sp³-hybridized carbons (Fsp3) is 0.227. The fourth-order valence-electron chi connectivity index (χ4n) is 3.14. The number of carbonyl (C=O) groups excluding carboxylic acids is 4. The average Bonchev–Trinajstić information content (AvgIpc) is 2.98. The van der Waals surface area contributed by atoms with E-state index in [0.29, 0.717) is 28.8 Å². The maximum atomic E-state index is 12.9. The number of carbonyl (C=O) groups is 4.